The van der Waals surface area contributed by atoms with E-state index < -0.39 is 11.4 Å². The van der Waals surface area contributed by atoms with Crippen LogP contribution in [0.2, 0.25) is 5.02 Å². The van der Waals surface area contributed by atoms with Gasteiger partial charge in [-0.2, -0.15) is 0 Å². The van der Waals surface area contributed by atoms with Crippen molar-refractivity contribution in [2.45, 2.75) is 19.8 Å². The first kappa shape index (κ1) is 11.3. The first-order valence-corrected chi connectivity index (χ1v) is 5.58. The third kappa shape index (κ3) is 1.55. The van der Waals surface area contributed by atoms with Gasteiger partial charge < -0.3 is 10.4 Å². The molecule has 0 bridgehead atoms. The fraction of sp³-hybridized carbons (Fsp3) is 0.417. The number of nitrogens with one attached hydrogen (secondary N) is 1. The molecular formula is C12H14ClNO2. The Labute approximate surface area is 99.4 Å². The fourth-order valence-electron chi connectivity index (χ4n) is 2.12. The monoisotopic (exact) mass is 239 g/mol. The summed E-state index contributed by atoms with van der Waals surface area (Å²) in [6.45, 7) is 4.10. The number of rotatable bonds is 2. The van der Waals surface area contributed by atoms with E-state index in [1.54, 1.807) is 19.9 Å². The van der Waals surface area contributed by atoms with Crippen LogP contribution >= 0.6 is 11.6 Å². The molecule has 1 aliphatic heterocycles. The highest BCUT2D eigenvalue weighted by Gasteiger charge is 2.42. The summed E-state index contributed by atoms with van der Waals surface area (Å²) in [6.07, 6.45) is 0. The minimum Gasteiger partial charge on any atom is -0.481 e. The molecule has 4 heteroatoms. The molecule has 3 nitrogen and oxygen atoms in total. The normalized spacial score (nSPS) is 19.1. The Hall–Kier alpha value is -1.22. The Morgan fingerprint density at radius 3 is 2.88 bits per heavy atom. The van der Waals surface area contributed by atoms with E-state index in [2.05, 4.69) is 5.32 Å². The van der Waals surface area contributed by atoms with Crippen LogP contribution in [0, 0.1) is 5.41 Å². The van der Waals surface area contributed by atoms with Crippen LogP contribution in [0.15, 0.2) is 18.2 Å². The van der Waals surface area contributed by atoms with Crippen molar-refractivity contribution in [2.24, 2.45) is 5.41 Å². The summed E-state index contributed by atoms with van der Waals surface area (Å²) >= 11 is 6.14. The zero-order chi connectivity index (χ0) is 11.9. The summed E-state index contributed by atoms with van der Waals surface area (Å²) in [5.41, 5.74) is 1.06. The highest BCUT2D eigenvalue weighted by molar-refractivity contribution is 6.32. The summed E-state index contributed by atoms with van der Waals surface area (Å²) in [6, 6.07) is 5.60. The maximum Gasteiger partial charge on any atom is 0.309 e. The van der Waals surface area contributed by atoms with Crippen LogP contribution in [0.5, 0.6) is 0 Å². The van der Waals surface area contributed by atoms with Crippen LogP contribution in [0.3, 0.4) is 0 Å². The van der Waals surface area contributed by atoms with E-state index in [1.807, 2.05) is 12.1 Å². The lowest BCUT2D eigenvalue weighted by molar-refractivity contribution is -0.148. The first-order valence-electron chi connectivity index (χ1n) is 5.20. The van der Waals surface area contributed by atoms with Crippen LogP contribution in [0.25, 0.3) is 0 Å². The third-order valence-corrected chi connectivity index (χ3v) is 3.65. The van der Waals surface area contributed by atoms with Gasteiger partial charge in [0.25, 0.3) is 0 Å². The highest BCUT2D eigenvalue weighted by atomic mass is 35.5. The van der Waals surface area contributed by atoms with E-state index in [0.717, 1.165) is 11.3 Å². The molecule has 1 atom stereocenters. The minimum atomic E-state index is -0.816. The number of carboxylic acid groups (broad SMARTS) is 1. The number of aliphatic carboxylic acids is 1. The van der Waals surface area contributed by atoms with Crippen molar-refractivity contribution in [3.63, 3.8) is 0 Å². The summed E-state index contributed by atoms with van der Waals surface area (Å²) in [7, 11) is 0. The number of hydrogen-bond acceptors (Lipinski definition) is 2. The third-order valence-electron chi connectivity index (χ3n) is 3.32. The van der Waals surface area contributed by atoms with E-state index in [-0.39, 0.29) is 5.92 Å². The van der Waals surface area contributed by atoms with E-state index >= 15 is 0 Å². The molecule has 0 fully saturated rings. The molecule has 1 aliphatic rings. The quantitative estimate of drug-likeness (QED) is 0.834. The van der Waals surface area contributed by atoms with Gasteiger partial charge in [0.2, 0.25) is 0 Å². The van der Waals surface area contributed by atoms with Gasteiger partial charge in [-0.15, -0.1) is 0 Å². The van der Waals surface area contributed by atoms with Gasteiger partial charge in [-0.3, -0.25) is 4.79 Å². The molecule has 1 aromatic carbocycles. The smallest absolute Gasteiger partial charge is 0.309 e. The average Bonchev–Trinajstić information content (AvgIpc) is 2.63. The Balaban J connectivity index is 2.48. The topological polar surface area (TPSA) is 49.3 Å². The van der Waals surface area contributed by atoms with Gasteiger partial charge in [-0.25, -0.2) is 0 Å². The molecule has 0 aliphatic carbocycles. The van der Waals surface area contributed by atoms with Crippen molar-refractivity contribution < 1.29 is 9.90 Å². The highest BCUT2D eigenvalue weighted by Crippen LogP contribution is 2.46. The molecule has 2 rings (SSSR count). The lowest BCUT2D eigenvalue weighted by atomic mass is 9.76. The molecule has 0 spiro atoms. The van der Waals surface area contributed by atoms with Gasteiger partial charge >= 0.3 is 5.97 Å². The van der Waals surface area contributed by atoms with Crippen LogP contribution in [0.1, 0.15) is 25.3 Å². The Kier molecular flexibility index (Phi) is 2.58. The number of hydrogen-bond donors (Lipinski definition) is 2. The van der Waals surface area contributed by atoms with Crippen molar-refractivity contribution in [3.05, 3.63) is 28.8 Å². The lowest BCUT2D eigenvalue weighted by Crippen LogP contribution is -2.32. The fourth-order valence-corrected chi connectivity index (χ4v) is 2.43. The van der Waals surface area contributed by atoms with Gasteiger partial charge in [0.05, 0.1) is 5.41 Å². The van der Waals surface area contributed by atoms with Crippen molar-refractivity contribution >= 4 is 23.3 Å². The van der Waals surface area contributed by atoms with Crippen LogP contribution in [-0.2, 0) is 4.79 Å². The van der Waals surface area contributed by atoms with Gasteiger partial charge in [0.15, 0.2) is 0 Å². The SMILES string of the molecule is CC(C)(C(=O)O)C1CNc2cccc(Cl)c21. The van der Waals surface area contributed by atoms with Gasteiger partial charge in [0, 0.05) is 23.2 Å². The zero-order valence-electron chi connectivity index (χ0n) is 9.25. The molecule has 0 saturated carbocycles. The molecule has 1 heterocycles. The Bertz CT molecular complexity index is 443. The average molecular weight is 240 g/mol. The molecular weight excluding hydrogens is 226 g/mol. The van der Waals surface area contributed by atoms with Crippen LogP contribution in [-0.4, -0.2) is 17.6 Å². The van der Waals surface area contributed by atoms with Crippen molar-refractivity contribution in [1.29, 1.82) is 0 Å². The van der Waals surface area contributed by atoms with Crippen LogP contribution < -0.4 is 5.32 Å². The number of halogens is 1. The predicted octanol–water partition coefficient (Wildman–Crippen LogP) is 2.96. The molecule has 16 heavy (non-hydrogen) atoms. The lowest BCUT2D eigenvalue weighted by Gasteiger charge is -2.27. The number of fused-ring (bicyclic) bond motifs is 1. The number of benzene rings is 1. The second-order valence-electron chi connectivity index (χ2n) is 4.66. The second-order valence-corrected chi connectivity index (χ2v) is 5.07. The van der Waals surface area contributed by atoms with Gasteiger partial charge in [-0.1, -0.05) is 17.7 Å². The van der Waals surface area contributed by atoms with Gasteiger partial charge in [-0.05, 0) is 31.5 Å². The molecule has 86 valence electrons. The Morgan fingerprint density at radius 2 is 2.25 bits per heavy atom. The number of carbonyl (C=O) groups is 1. The van der Waals surface area contributed by atoms with Gasteiger partial charge in [0.1, 0.15) is 0 Å². The Morgan fingerprint density at radius 1 is 1.56 bits per heavy atom. The zero-order valence-corrected chi connectivity index (χ0v) is 10.0. The first-order chi connectivity index (χ1) is 7.44. The van der Waals surface area contributed by atoms with E-state index in [4.69, 9.17) is 11.6 Å². The summed E-state index contributed by atoms with van der Waals surface area (Å²) in [5.74, 6) is -0.888. The molecule has 1 unspecified atom stereocenters. The molecule has 0 radical (unpaired) electrons. The maximum atomic E-state index is 11.3. The molecule has 1 aromatic rings. The summed E-state index contributed by atoms with van der Waals surface area (Å²) in [4.78, 5) is 11.3. The van der Waals surface area contributed by atoms with Crippen LogP contribution in [0.4, 0.5) is 5.69 Å². The minimum absolute atomic E-state index is 0.0892. The molecule has 0 saturated heterocycles. The summed E-state index contributed by atoms with van der Waals surface area (Å²) < 4.78 is 0. The van der Waals surface area contributed by atoms with E-state index in [0.29, 0.717) is 11.6 Å². The van der Waals surface area contributed by atoms with Crippen molar-refractivity contribution in [1.82, 2.24) is 0 Å². The predicted molar refractivity (Wildman–Crippen MR) is 64.1 cm³/mol. The molecule has 2 N–H and O–H groups in total. The maximum absolute atomic E-state index is 11.3. The standard InChI is InChI=1S/C12H14ClNO2/c1-12(2,11(15)16)7-6-14-9-5-3-4-8(13)10(7)9/h3-5,7,14H,6H2,1-2H3,(H,15,16). The largest absolute Gasteiger partial charge is 0.481 e. The van der Waals surface area contributed by atoms with Crippen molar-refractivity contribution in [3.8, 4) is 0 Å². The number of anilines is 1. The van der Waals surface area contributed by atoms with E-state index in [1.165, 1.54) is 0 Å². The van der Waals surface area contributed by atoms with Crippen molar-refractivity contribution in [2.75, 3.05) is 11.9 Å². The molecule has 0 aromatic heterocycles. The second kappa shape index (κ2) is 3.67. The van der Waals surface area contributed by atoms with E-state index in [9.17, 15) is 9.90 Å². The molecule has 0 amide bonds. The summed E-state index contributed by atoms with van der Waals surface area (Å²) in [5, 5.41) is 13.1. The number of carboxylic acids is 1.